The van der Waals surface area contributed by atoms with Crippen LogP contribution in [0.25, 0.3) is 0 Å². The molecule has 0 fully saturated rings. The van der Waals surface area contributed by atoms with Crippen molar-refractivity contribution in [2.45, 2.75) is 6.04 Å². The number of nitrogens with two attached hydrogens (primary N) is 1. The maximum Gasteiger partial charge on any atom is 0.128 e. The van der Waals surface area contributed by atoms with Crippen LogP contribution >= 0.6 is 27.5 Å². The van der Waals surface area contributed by atoms with Gasteiger partial charge in [0.1, 0.15) is 11.6 Å². The number of anilines is 1. The van der Waals surface area contributed by atoms with Gasteiger partial charge in [0, 0.05) is 22.3 Å². The molecule has 2 aromatic rings. The van der Waals surface area contributed by atoms with Crippen molar-refractivity contribution < 1.29 is 8.78 Å². The van der Waals surface area contributed by atoms with Gasteiger partial charge in [-0.3, -0.25) is 0 Å². The molecular formula is C14H12BrClF2N2. The molecule has 0 aliphatic heterocycles. The van der Waals surface area contributed by atoms with Gasteiger partial charge in [0.15, 0.2) is 0 Å². The van der Waals surface area contributed by atoms with Gasteiger partial charge in [-0.05, 0) is 52.3 Å². The highest BCUT2D eigenvalue weighted by molar-refractivity contribution is 9.10. The summed E-state index contributed by atoms with van der Waals surface area (Å²) in [4.78, 5) is 0. The minimum absolute atomic E-state index is 0.126. The lowest BCUT2D eigenvalue weighted by Crippen LogP contribution is -2.21. The van der Waals surface area contributed by atoms with E-state index in [1.807, 2.05) is 0 Å². The van der Waals surface area contributed by atoms with E-state index >= 15 is 0 Å². The third-order valence-corrected chi connectivity index (χ3v) is 4.04. The van der Waals surface area contributed by atoms with E-state index in [-0.39, 0.29) is 12.1 Å². The average molecular weight is 362 g/mol. The van der Waals surface area contributed by atoms with Crippen LogP contribution in [0.2, 0.25) is 5.02 Å². The Labute approximate surface area is 129 Å². The zero-order valence-electron chi connectivity index (χ0n) is 10.3. The Morgan fingerprint density at radius 3 is 2.60 bits per heavy atom. The molecule has 2 rings (SSSR count). The van der Waals surface area contributed by atoms with Crippen LogP contribution in [0.1, 0.15) is 11.6 Å². The molecule has 0 aliphatic carbocycles. The summed E-state index contributed by atoms with van der Waals surface area (Å²) in [5.41, 5.74) is 6.55. The van der Waals surface area contributed by atoms with Crippen molar-refractivity contribution in [3.63, 3.8) is 0 Å². The standard InChI is InChI=1S/C14H12BrClF2N2/c15-11-6-9(2-3-12(11)16)20-14(7-19)10-5-8(17)1-4-13(10)18/h1-6,14,20H,7,19H2. The molecule has 0 bridgehead atoms. The molecule has 0 radical (unpaired) electrons. The van der Waals surface area contributed by atoms with Crippen molar-refractivity contribution >= 4 is 33.2 Å². The largest absolute Gasteiger partial charge is 0.377 e. The SMILES string of the molecule is NCC(Nc1ccc(Cl)c(Br)c1)c1cc(F)ccc1F. The van der Waals surface area contributed by atoms with Gasteiger partial charge in [-0.25, -0.2) is 8.78 Å². The third-order valence-electron chi connectivity index (χ3n) is 2.83. The van der Waals surface area contributed by atoms with Gasteiger partial charge >= 0.3 is 0 Å². The molecule has 106 valence electrons. The molecule has 1 unspecified atom stereocenters. The summed E-state index contributed by atoms with van der Waals surface area (Å²) >= 11 is 9.21. The maximum absolute atomic E-state index is 13.8. The van der Waals surface area contributed by atoms with Gasteiger partial charge in [-0.15, -0.1) is 0 Å². The number of halogens is 4. The lowest BCUT2D eigenvalue weighted by molar-refractivity contribution is 0.572. The van der Waals surface area contributed by atoms with Crippen LogP contribution in [-0.4, -0.2) is 6.54 Å². The highest BCUT2D eigenvalue weighted by Crippen LogP contribution is 2.28. The molecule has 0 heterocycles. The Bertz CT molecular complexity index is 622. The minimum atomic E-state index is -0.529. The van der Waals surface area contributed by atoms with Crippen molar-refractivity contribution in [2.75, 3.05) is 11.9 Å². The molecule has 20 heavy (non-hydrogen) atoms. The van der Waals surface area contributed by atoms with E-state index in [0.717, 1.165) is 18.2 Å². The Morgan fingerprint density at radius 2 is 1.95 bits per heavy atom. The van der Waals surface area contributed by atoms with Crippen LogP contribution in [0.3, 0.4) is 0 Å². The van der Waals surface area contributed by atoms with Gasteiger partial charge in [0.25, 0.3) is 0 Å². The van der Waals surface area contributed by atoms with Crippen molar-refractivity contribution in [3.8, 4) is 0 Å². The summed E-state index contributed by atoms with van der Waals surface area (Å²) in [5.74, 6) is -0.999. The van der Waals surface area contributed by atoms with E-state index in [1.165, 1.54) is 0 Å². The average Bonchev–Trinajstić information content (AvgIpc) is 2.43. The van der Waals surface area contributed by atoms with Crippen molar-refractivity contribution in [2.24, 2.45) is 5.73 Å². The van der Waals surface area contributed by atoms with Crippen LogP contribution in [0.15, 0.2) is 40.9 Å². The molecule has 0 saturated heterocycles. The predicted octanol–water partition coefficient (Wildman–Crippen LogP) is 4.49. The van der Waals surface area contributed by atoms with Crippen LogP contribution in [0.5, 0.6) is 0 Å². The fourth-order valence-corrected chi connectivity index (χ4v) is 2.33. The molecule has 0 saturated carbocycles. The predicted molar refractivity (Wildman–Crippen MR) is 80.9 cm³/mol. The van der Waals surface area contributed by atoms with Crippen molar-refractivity contribution in [3.05, 3.63) is 63.1 Å². The third kappa shape index (κ3) is 3.48. The topological polar surface area (TPSA) is 38.0 Å². The number of hydrogen-bond donors (Lipinski definition) is 2. The monoisotopic (exact) mass is 360 g/mol. The Balaban J connectivity index is 2.28. The van der Waals surface area contributed by atoms with E-state index in [4.69, 9.17) is 17.3 Å². The van der Waals surface area contributed by atoms with E-state index in [9.17, 15) is 8.78 Å². The molecule has 6 heteroatoms. The molecule has 2 aromatic carbocycles. The second-order valence-electron chi connectivity index (χ2n) is 4.23. The maximum atomic E-state index is 13.8. The van der Waals surface area contributed by atoms with E-state index in [0.29, 0.717) is 15.2 Å². The molecule has 2 nitrogen and oxygen atoms in total. The fourth-order valence-electron chi connectivity index (χ4n) is 1.83. The Hall–Kier alpha value is -1.17. The number of hydrogen-bond acceptors (Lipinski definition) is 2. The summed E-state index contributed by atoms with van der Waals surface area (Å²) < 4.78 is 27.7. The second-order valence-corrected chi connectivity index (χ2v) is 5.49. The zero-order chi connectivity index (χ0) is 14.7. The summed E-state index contributed by atoms with van der Waals surface area (Å²) in [7, 11) is 0. The Morgan fingerprint density at radius 1 is 1.20 bits per heavy atom. The first-order chi connectivity index (χ1) is 9.51. The van der Waals surface area contributed by atoms with E-state index in [1.54, 1.807) is 18.2 Å². The normalized spacial score (nSPS) is 12.2. The molecule has 0 aromatic heterocycles. The van der Waals surface area contributed by atoms with Crippen molar-refractivity contribution in [1.82, 2.24) is 0 Å². The highest BCUT2D eigenvalue weighted by atomic mass is 79.9. The summed E-state index contributed by atoms with van der Waals surface area (Å²) in [6.07, 6.45) is 0. The first kappa shape index (κ1) is 15.2. The van der Waals surface area contributed by atoms with E-state index < -0.39 is 17.7 Å². The van der Waals surface area contributed by atoms with Gasteiger partial charge in [-0.2, -0.15) is 0 Å². The van der Waals surface area contributed by atoms with Gasteiger partial charge < -0.3 is 11.1 Å². The molecule has 0 spiro atoms. The Kier molecular flexibility index (Phi) is 4.96. The highest BCUT2D eigenvalue weighted by Gasteiger charge is 2.15. The summed E-state index contributed by atoms with van der Waals surface area (Å²) in [5, 5.41) is 3.63. The van der Waals surface area contributed by atoms with E-state index in [2.05, 4.69) is 21.2 Å². The smallest absolute Gasteiger partial charge is 0.128 e. The second kappa shape index (κ2) is 6.52. The minimum Gasteiger partial charge on any atom is -0.377 e. The number of rotatable bonds is 4. The summed E-state index contributed by atoms with van der Waals surface area (Å²) in [6, 6.07) is 7.97. The van der Waals surface area contributed by atoms with Crippen LogP contribution in [0.4, 0.5) is 14.5 Å². The molecular weight excluding hydrogens is 350 g/mol. The first-order valence-corrected chi connectivity index (χ1v) is 7.05. The quantitative estimate of drug-likeness (QED) is 0.842. The van der Waals surface area contributed by atoms with Crippen molar-refractivity contribution in [1.29, 1.82) is 0 Å². The van der Waals surface area contributed by atoms with Crippen LogP contribution < -0.4 is 11.1 Å². The van der Waals surface area contributed by atoms with Gasteiger partial charge in [0.05, 0.1) is 11.1 Å². The number of nitrogens with one attached hydrogen (secondary N) is 1. The molecule has 0 amide bonds. The van der Waals surface area contributed by atoms with Gasteiger partial charge in [0.2, 0.25) is 0 Å². The molecule has 0 aliphatic rings. The fraction of sp³-hybridized carbons (Fsp3) is 0.143. The lowest BCUT2D eigenvalue weighted by atomic mass is 10.1. The first-order valence-electron chi connectivity index (χ1n) is 5.88. The van der Waals surface area contributed by atoms with Crippen LogP contribution in [0, 0.1) is 11.6 Å². The van der Waals surface area contributed by atoms with Crippen LogP contribution in [-0.2, 0) is 0 Å². The molecule has 3 N–H and O–H groups in total. The summed E-state index contributed by atoms with van der Waals surface area (Å²) in [6.45, 7) is 0.126. The lowest BCUT2D eigenvalue weighted by Gasteiger charge is -2.19. The molecule has 1 atom stereocenters. The number of benzene rings is 2. The van der Waals surface area contributed by atoms with Gasteiger partial charge in [-0.1, -0.05) is 11.6 Å². The zero-order valence-corrected chi connectivity index (χ0v) is 12.7.